The highest BCUT2D eigenvalue weighted by Crippen LogP contribution is 2.08. The Bertz CT molecular complexity index is 617. The van der Waals surface area contributed by atoms with Crippen molar-refractivity contribution in [3.63, 3.8) is 0 Å². The number of hydrogen-bond donors (Lipinski definition) is 2. The van der Waals surface area contributed by atoms with E-state index in [-0.39, 0.29) is 5.56 Å². The van der Waals surface area contributed by atoms with Crippen molar-refractivity contribution >= 4 is 5.69 Å². The molecule has 3 rings (SSSR count). The van der Waals surface area contributed by atoms with Crippen LogP contribution in [0.1, 0.15) is 12.0 Å². The van der Waals surface area contributed by atoms with Gasteiger partial charge in [-0.1, -0.05) is 30.3 Å². The highest BCUT2D eigenvalue weighted by Gasteiger charge is 2.14. The number of nitrogens with zero attached hydrogens (tertiary/aromatic N) is 2. The smallest absolute Gasteiger partial charge is 0.269 e. The Morgan fingerprint density at radius 1 is 1.35 bits per heavy atom. The van der Waals surface area contributed by atoms with Crippen LogP contribution in [0, 0.1) is 0 Å². The third-order valence-corrected chi connectivity index (χ3v) is 3.48. The van der Waals surface area contributed by atoms with Crippen LogP contribution < -0.4 is 16.2 Å². The summed E-state index contributed by atoms with van der Waals surface area (Å²) in [4.78, 5) is 12.1. The molecular weight excluding hydrogens is 252 g/mol. The number of hydrogen-bond acceptors (Lipinski definition) is 4. The van der Waals surface area contributed by atoms with Crippen molar-refractivity contribution in [2.75, 3.05) is 18.4 Å². The molecule has 5 heteroatoms. The minimum absolute atomic E-state index is 0.0789. The number of rotatable bonds is 4. The fraction of sp³-hybridized carbons (Fsp3) is 0.333. The van der Waals surface area contributed by atoms with Gasteiger partial charge in [0.1, 0.15) is 0 Å². The van der Waals surface area contributed by atoms with Gasteiger partial charge in [0.2, 0.25) is 0 Å². The lowest BCUT2D eigenvalue weighted by atomic mass is 10.2. The second kappa shape index (κ2) is 5.88. The predicted octanol–water partition coefficient (Wildman–Crippen LogP) is 1.07. The molecule has 0 amide bonds. The molecule has 2 heterocycles. The van der Waals surface area contributed by atoms with Gasteiger partial charge in [-0.05, 0) is 18.5 Å². The van der Waals surface area contributed by atoms with E-state index >= 15 is 0 Å². The zero-order valence-electron chi connectivity index (χ0n) is 11.2. The van der Waals surface area contributed by atoms with Crippen LogP contribution in [0.5, 0.6) is 0 Å². The molecule has 5 nitrogen and oxygen atoms in total. The summed E-state index contributed by atoms with van der Waals surface area (Å²) >= 11 is 0. The largest absolute Gasteiger partial charge is 0.380 e. The third-order valence-electron chi connectivity index (χ3n) is 3.48. The van der Waals surface area contributed by atoms with Crippen molar-refractivity contribution in [2.45, 2.75) is 19.0 Å². The molecule has 1 atom stereocenters. The maximum absolute atomic E-state index is 12.1. The van der Waals surface area contributed by atoms with Crippen LogP contribution in [0.2, 0.25) is 0 Å². The van der Waals surface area contributed by atoms with E-state index in [1.54, 1.807) is 12.3 Å². The Morgan fingerprint density at radius 2 is 2.20 bits per heavy atom. The third kappa shape index (κ3) is 3.05. The second-order valence-corrected chi connectivity index (χ2v) is 5.06. The van der Waals surface area contributed by atoms with Crippen molar-refractivity contribution in [3.05, 3.63) is 58.5 Å². The van der Waals surface area contributed by atoms with Crippen molar-refractivity contribution in [1.29, 1.82) is 0 Å². The van der Waals surface area contributed by atoms with Gasteiger partial charge in [-0.15, -0.1) is 0 Å². The minimum atomic E-state index is -0.0789. The van der Waals surface area contributed by atoms with E-state index in [2.05, 4.69) is 15.7 Å². The second-order valence-electron chi connectivity index (χ2n) is 5.06. The van der Waals surface area contributed by atoms with Crippen molar-refractivity contribution in [3.8, 4) is 0 Å². The first kappa shape index (κ1) is 12.9. The molecule has 1 saturated heterocycles. The van der Waals surface area contributed by atoms with Gasteiger partial charge in [0.25, 0.3) is 5.56 Å². The number of anilines is 1. The molecule has 0 bridgehead atoms. The summed E-state index contributed by atoms with van der Waals surface area (Å²) in [6, 6.07) is 11.9. The van der Waals surface area contributed by atoms with Gasteiger partial charge in [-0.25, -0.2) is 4.68 Å². The van der Waals surface area contributed by atoms with E-state index in [9.17, 15) is 4.79 Å². The van der Waals surface area contributed by atoms with Crippen LogP contribution in [0.25, 0.3) is 0 Å². The molecule has 1 aliphatic heterocycles. The summed E-state index contributed by atoms with van der Waals surface area (Å²) < 4.78 is 1.48. The first-order chi connectivity index (χ1) is 9.81. The number of nitrogens with one attached hydrogen (secondary N) is 2. The Balaban J connectivity index is 1.72. The van der Waals surface area contributed by atoms with Crippen LogP contribution in [0.4, 0.5) is 5.69 Å². The van der Waals surface area contributed by atoms with Crippen LogP contribution in [-0.2, 0) is 6.54 Å². The molecule has 2 aromatic rings. The lowest BCUT2D eigenvalue weighted by molar-refractivity contribution is 0.638. The molecule has 1 aliphatic rings. The molecule has 2 N–H and O–H groups in total. The molecular formula is C15H18N4O. The highest BCUT2D eigenvalue weighted by molar-refractivity contribution is 5.40. The van der Waals surface area contributed by atoms with Gasteiger partial charge >= 0.3 is 0 Å². The summed E-state index contributed by atoms with van der Waals surface area (Å²) in [7, 11) is 0. The molecule has 0 aliphatic carbocycles. The van der Waals surface area contributed by atoms with Crippen molar-refractivity contribution < 1.29 is 0 Å². The Hall–Kier alpha value is -2.14. The fourth-order valence-corrected chi connectivity index (χ4v) is 2.40. The first-order valence-corrected chi connectivity index (χ1v) is 6.89. The lowest BCUT2D eigenvalue weighted by Crippen LogP contribution is -2.26. The fourth-order valence-electron chi connectivity index (χ4n) is 2.40. The average Bonchev–Trinajstić information content (AvgIpc) is 2.96. The Morgan fingerprint density at radius 3 is 2.90 bits per heavy atom. The minimum Gasteiger partial charge on any atom is -0.380 e. The molecule has 1 aromatic heterocycles. The van der Waals surface area contributed by atoms with Gasteiger partial charge in [-0.3, -0.25) is 4.79 Å². The lowest BCUT2D eigenvalue weighted by Gasteiger charge is -2.13. The summed E-state index contributed by atoms with van der Waals surface area (Å²) in [5.41, 5.74) is 1.79. The zero-order chi connectivity index (χ0) is 13.8. The van der Waals surface area contributed by atoms with Crippen LogP contribution in [-0.4, -0.2) is 28.9 Å². The van der Waals surface area contributed by atoms with Gasteiger partial charge in [0.15, 0.2) is 0 Å². The Kier molecular flexibility index (Phi) is 3.78. The first-order valence-electron chi connectivity index (χ1n) is 6.89. The molecule has 0 radical (unpaired) electrons. The SMILES string of the molecule is O=c1cc(NC2CCNC2)cnn1Cc1ccccc1. The molecule has 1 unspecified atom stereocenters. The monoisotopic (exact) mass is 270 g/mol. The molecule has 0 saturated carbocycles. The van der Waals surface area contributed by atoms with Crippen LogP contribution in [0.3, 0.4) is 0 Å². The summed E-state index contributed by atoms with van der Waals surface area (Å²) in [5.74, 6) is 0. The topological polar surface area (TPSA) is 59.0 Å². The maximum atomic E-state index is 12.1. The number of aromatic nitrogens is 2. The normalized spacial score (nSPS) is 18.1. The summed E-state index contributed by atoms with van der Waals surface area (Å²) in [6.07, 6.45) is 2.80. The molecule has 1 fully saturated rings. The van der Waals surface area contributed by atoms with Crippen molar-refractivity contribution in [1.82, 2.24) is 15.1 Å². The van der Waals surface area contributed by atoms with E-state index in [1.807, 2.05) is 30.3 Å². The molecule has 0 spiro atoms. The standard InChI is InChI=1S/C15H18N4O/c20-15-8-14(18-13-6-7-16-9-13)10-17-19(15)11-12-4-2-1-3-5-12/h1-5,8,10,13,16,18H,6-7,9,11H2. The quantitative estimate of drug-likeness (QED) is 0.872. The summed E-state index contributed by atoms with van der Waals surface area (Å²) in [6.45, 7) is 2.47. The van der Waals surface area contributed by atoms with E-state index in [0.717, 1.165) is 30.8 Å². The van der Waals surface area contributed by atoms with Crippen molar-refractivity contribution in [2.24, 2.45) is 0 Å². The van der Waals surface area contributed by atoms with Gasteiger partial charge in [0, 0.05) is 18.7 Å². The Labute approximate surface area is 117 Å². The summed E-state index contributed by atoms with van der Waals surface area (Å²) in [5, 5.41) is 10.9. The van der Waals surface area contributed by atoms with E-state index < -0.39 is 0 Å². The van der Waals surface area contributed by atoms with E-state index in [1.165, 1.54) is 4.68 Å². The van der Waals surface area contributed by atoms with Crippen LogP contribution in [0.15, 0.2) is 47.4 Å². The van der Waals surface area contributed by atoms with Crippen LogP contribution >= 0.6 is 0 Å². The van der Waals surface area contributed by atoms with E-state index in [0.29, 0.717) is 12.6 Å². The molecule has 104 valence electrons. The predicted molar refractivity (Wildman–Crippen MR) is 78.9 cm³/mol. The van der Waals surface area contributed by atoms with Gasteiger partial charge in [-0.2, -0.15) is 5.10 Å². The maximum Gasteiger partial charge on any atom is 0.269 e. The van der Waals surface area contributed by atoms with Gasteiger partial charge in [0.05, 0.1) is 18.4 Å². The molecule has 20 heavy (non-hydrogen) atoms. The number of benzene rings is 1. The zero-order valence-corrected chi connectivity index (χ0v) is 11.2. The average molecular weight is 270 g/mol. The molecule has 1 aromatic carbocycles. The van der Waals surface area contributed by atoms with E-state index in [4.69, 9.17) is 0 Å². The van der Waals surface area contributed by atoms with Gasteiger partial charge < -0.3 is 10.6 Å². The highest BCUT2D eigenvalue weighted by atomic mass is 16.1.